The van der Waals surface area contributed by atoms with Gasteiger partial charge in [0.05, 0.1) is 17.5 Å². The third-order valence-electron chi connectivity index (χ3n) is 10.8. The molecule has 0 radical (unpaired) electrons. The molecule has 248 valence electrons. The maximum atomic E-state index is 14.6. The molecule has 47 heavy (non-hydrogen) atoms. The summed E-state index contributed by atoms with van der Waals surface area (Å²) in [4.78, 5) is 31.4. The van der Waals surface area contributed by atoms with Crippen molar-refractivity contribution in [1.82, 2.24) is 24.6 Å². The van der Waals surface area contributed by atoms with E-state index in [1.165, 1.54) is 23.1 Å². The number of rotatable bonds is 7. The first kappa shape index (κ1) is 31.5. The lowest BCUT2D eigenvalue weighted by molar-refractivity contribution is -0.138. The highest BCUT2D eigenvalue weighted by molar-refractivity contribution is 6.10. The SMILES string of the molecule is CC1CC(c2cccc(N3Cc4c(cc([C@@H](C)N5CCC6(CN(C(=O)/C=C/CF)C6)C5)cc4C(F)(F)F)C3=O)c2)(c2nncn2C)C1. The van der Waals surface area contributed by atoms with E-state index in [0.29, 0.717) is 43.3 Å². The molecule has 3 aliphatic heterocycles. The van der Waals surface area contributed by atoms with Gasteiger partial charge in [-0.1, -0.05) is 19.1 Å². The average Bonchev–Trinajstić information content (AvgIpc) is 3.73. The Kier molecular flexibility index (Phi) is 7.57. The zero-order valence-electron chi connectivity index (χ0n) is 26.7. The zero-order chi connectivity index (χ0) is 33.3. The van der Waals surface area contributed by atoms with Gasteiger partial charge in [0.1, 0.15) is 18.8 Å². The summed E-state index contributed by atoms with van der Waals surface area (Å²) < 4.78 is 58.1. The summed E-state index contributed by atoms with van der Waals surface area (Å²) in [6, 6.07) is 10.0. The monoisotopic (exact) mass is 650 g/mol. The molecule has 3 aromatic rings. The summed E-state index contributed by atoms with van der Waals surface area (Å²) in [6.45, 7) is 5.55. The number of carbonyl (C=O) groups is 2. The zero-order valence-corrected chi connectivity index (χ0v) is 26.7. The van der Waals surface area contributed by atoms with Crippen molar-refractivity contribution in [1.29, 1.82) is 0 Å². The Morgan fingerprint density at radius 1 is 1.15 bits per heavy atom. The number of halogens is 4. The number of aromatic nitrogens is 3. The molecule has 7 rings (SSSR count). The van der Waals surface area contributed by atoms with Gasteiger partial charge in [0.25, 0.3) is 5.91 Å². The third-order valence-corrected chi connectivity index (χ3v) is 10.8. The molecule has 0 bridgehead atoms. The number of carbonyl (C=O) groups excluding carboxylic acids is 2. The minimum atomic E-state index is -4.64. The van der Waals surface area contributed by atoms with Crippen LogP contribution in [-0.2, 0) is 30.0 Å². The molecule has 2 amide bonds. The predicted molar refractivity (Wildman–Crippen MR) is 167 cm³/mol. The van der Waals surface area contributed by atoms with Crippen molar-refractivity contribution < 1.29 is 27.2 Å². The van der Waals surface area contributed by atoms with E-state index >= 15 is 0 Å². The van der Waals surface area contributed by atoms with E-state index in [9.17, 15) is 27.2 Å². The van der Waals surface area contributed by atoms with Crippen LogP contribution in [0.25, 0.3) is 0 Å². The third kappa shape index (κ3) is 5.25. The van der Waals surface area contributed by atoms with E-state index in [0.717, 1.165) is 30.7 Å². The highest BCUT2D eigenvalue weighted by atomic mass is 19.4. The summed E-state index contributed by atoms with van der Waals surface area (Å²) in [6.07, 6.45) is 1.99. The van der Waals surface area contributed by atoms with E-state index in [4.69, 9.17) is 0 Å². The molecule has 2 aromatic carbocycles. The lowest BCUT2D eigenvalue weighted by atomic mass is 9.58. The molecular formula is C35H38F4N6O2. The quantitative estimate of drug-likeness (QED) is 0.238. The van der Waals surface area contributed by atoms with Gasteiger partial charge < -0.3 is 14.4 Å². The van der Waals surface area contributed by atoms with Crippen molar-refractivity contribution in [3.05, 3.63) is 88.5 Å². The van der Waals surface area contributed by atoms with Crippen LogP contribution in [0.3, 0.4) is 0 Å². The highest BCUT2D eigenvalue weighted by Crippen LogP contribution is 2.52. The molecule has 0 N–H and O–H groups in total. The molecule has 1 aliphatic carbocycles. The maximum Gasteiger partial charge on any atom is 0.416 e. The number of anilines is 1. The van der Waals surface area contributed by atoms with E-state index < -0.39 is 24.3 Å². The van der Waals surface area contributed by atoms with Gasteiger partial charge in [-0.25, -0.2) is 4.39 Å². The Morgan fingerprint density at radius 2 is 1.91 bits per heavy atom. The molecule has 1 spiro atoms. The molecule has 4 aliphatic rings. The number of benzene rings is 2. The van der Waals surface area contributed by atoms with Crippen molar-refractivity contribution in [3.8, 4) is 0 Å². The molecule has 8 nitrogen and oxygen atoms in total. The molecule has 2 saturated heterocycles. The normalized spacial score (nSPS) is 24.6. The van der Waals surface area contributed by atoms with Gasteiger partial charge in [-0.2, -0.15) is 13.2 Å². The fraction of sp³-hybridized carbons (Fsp3) is 0.486. The van der Waals surface area contributed by atoms with Gasteiger partial charge in [0, 0.05) is 55.5 Å². The molecule has 3 fully saturated rings. The first-order valence-electron chi connectivity index (χ1n) is 16.1. The number of nitrogens with zero attached hydrogens (tertiary/aromatic N) is 6. The summed E-state index contributed by atoms with van der Waals surface area (Å²) in [5.74, 6) is 0.635. The number of hydrogen-bond donors (Lipinski definition) is 0. The summed E-state index contributed by atoms with van der Waals surface area (Å²) in [7, 11) is 1.90. The Labute approximate surface area is 271 Å². The first-order valence-corrected chi connectivity index (χ1v) is 16.1. The van der Waals surface area contributed by atoms with Gasteiger partial charge in [-0.3, -0.25) is 14.5 Å². The molecule has 1 aromatic heterocycles. The summed E-state index contributed by atoms with van der Waals surface area (Å²) in [5.41, 5.74) is 0.767. The van der Waals surface area contributed by atoms with Crippen LogP contribution in [0.5, 0.6) is 0 Å². The van der Waals surface area contributed by atoms with Crippen LogP contribution >= 0.6 is 0 Å². The van der Waals surface area contributed by atoms with E-state index in [-0.39, 0.29) is 40.5 Å². The number of aryl methyl sites for hydroxylation is 1. The smallest absolute Gasteiger partial charge is 0.338 e. The van der Waals surface area contributed by atoms with Crippen LogP contribution in [0.15, 0.2) is 54.9 Å². The lowest BCUT2D eigenvalue weighted by Crippen LogP contribution is -2.59. The van der Waals surface area contributed by atoms with Crippen molar-refractivity contribution >= 4 is 17.5 Å². The lowest BCUT2D eigenvalue weighted by Gasteiger charge is -2.48. The predicted octanol–water partition coefficient (Wildman–Crippen LogP) is 5.83. The number of allylic oxidation sites excluding steroid dienone is 1. The Balaban J connectivity index is 1.15. The van der Waals surface area contributed by atoms with Gasteiger partial charge in [0.2, 0.25) is 5.91 Å². The molecule has 0 unspecified atom stereocenters. The molecule has 12 heteroatoms. The second-order valence-electron chi connectivity index (χ2n) is 14.0. The Hall–Kier alpha value is -4.06. The van der Waals surface area contributed by atoms with Crippen molar-refractivity contribution in [2.24, 2.45) is 18.4 Å². The maximum absolute atomic E-state index is 14.6. The van der Waals surface area contributed by atoms with Crippen molar-refractivity contribution in [2.75, 3.05) is 37.8 Å². The number of likely N-dealkylation sites (tertiary alicyclic amines) is 2. The molecule has 1 atom stereocenters. The standard InChI is InChI=1S/C35H38F4N6O2/c1-22-15-34(16-22,32-41-40-21-42(32)3)25-6-4-7-26(14-25)45-17-28-27(31(45)47)12-24(13-29(28)35(37,38)39)23(2)43-11-9-33(18-43)19-44(20-33)30(46)8-5-10-36/h4-8,12-14,21-23H,9-11,15-20H2,1-3H3/b8-5+/t22?,23-,34?/m1/s1. The number of fused-ring (bicyclic) bond motifs is 1. The van der Waals surface area contributed by atoms with Crippen LogP contribution in [-0.4, -0.2) is 69.2 Å². The molecule has 1 saturated carbocycles. The largest absolute Gasteiger partial charge is 0.416 e. The first-order chi connectivity index (χ1) is 22.3. The van der Waals surface area contributed by atoms with Crippen LogP contribution in [0.4, 0.5) is 23.2 Å². The second kappa shape index (κ2) is 11.3. The van der Waals surface area contributed by atoms with Gasteiger partial charge in [-0.15, -0.1) is 10.2 Å². The van der Waals surface area contributed by atoms with Crippen molar-refractivity contribution in [2.45, 2.75) is 57.3 Å². The van der Waals surface area contributed by atoms with Crippen LogP contribution in [0.1, 0.15) is 77.6 Å². The van der Waals surface area contributed by atoms with Gasteiger partial charge in [0.15, 0.2) is 0 Å². The Bertz CT molecular complexity index is 1750. The topological polar surface area (TPSA) is 74.6 Å². The van der Waals surface area contributed by atoms with Gasteiger partial charge in [-0.05, 0) is 85.7 Å². The Morgan fingerprint density at radius 3 is 2.57 bits per heavy atom. The minimum absolute atomic E-state index is 0.00323. The summed E-state index contributed by atoms with van der Waals surface area (Å²) >= 11 is 0. The van der Waals surface area contributed by atoms with Crippen molar-refractivity contribution in [3.63, 3.8) is 0 Å². The number of alkyl halides is 4. The van der Waals surface area contributed by atoms with Gasteiger partial charge >= 0.3 is 6.18 Å². The van der Waals surface area contributed by atoms with E-state index in [1.54, 1.807) is 23.4 Å². The fourth-order valence-corrected chi connectivity index (χ4v) is 8.44. The highest BCUT2D eigenvalue weighted by Gasteiger charge is 2.51. The van der Waals surface area contributed by atoms with Crippen LogP contribution in [0.2, 0.25) is 0 Å². The average molecular weight is 651 g/mol. The van der Waals surface area contributed by atoms with E-state index in [1.807, 2.05) is 36.7 Å². The molecular weight excluding hydrogens is 612 g/mol. The molecule has 4 heterocycles. The number of hydrogen-bond acceptors (Lipinski definition) is 5. The summed E-state index contributed by atoms with van der Waals surface area (Å²) in [5, 5.41) is 8.49. The number of amides is 2. The van der Waals surface area contributed by atoms with E-state index in [2.05, 4.69) is 22.0 Å². The fourth-order valence-electron chi connectivity index (χ4n) is 8.44. The second-order valence-corrected chi connectivity index (χ2v) is 14.0. The van der Waals surface area contributed by atoms with Crippen LogP contribution < -0.4 is 4.90 Å². The minimum Gasteiger partial charge on any atom is -0.338 e. The van der Waals surface area contributed by atoms with Crippen LogP contribution in [0, 0.1) is 11.3 Å².